The predicted molar refractivity (Wildman–Crippen MR) is 66.8 cm³/mol. The third kappa shape index (κ3) is 2.69. The first-order valence-electron chi connectivity index (χ1n) is 6.03. The van der Waals surface area contributed by atoms with Gasteiger partial charge in [0.2, 0.25) is 5.91 Å². The molecule has 2 rings (SSSR count). The van der Waals surface area contributed by atoms with Crippen molar-refractivity contribution in [1.29, 1.82) is 0 Å². The molecule has 0 aromatic heterocycles. The van der Waals surface area contributed by atoms with Gasteiger partial charge in [-0.3, -0.25) is 4.79 Å². The molecule has 5 heteroatoms. The van der Waals surface area contributed by atoms with Gasteiger partial charge in [-0.2, -0.15) is 0 Å². The molecule has 1 saturated heterocycles. The van der Waals surface area contributed by atoms with Crippen molar-refractivity contribution in [3.05, 3.63) is 35.9 Å². The number of aliphatic hydroxyl groups is 1. The number of ether oxygens (including phenoxy) is 1. The standard InChI is InChI=1S/C13H18N2O3/c14-12(10-4-2-1-3-5-10)13(17)15-6-7-18-9-11(15)8-16/h1-5,11-12,16H,6-9,14H2. The van der Waals surface area contributed by atoms with Gasteiger partial charge in [0.1, 0.15) is 6.04 Å². The summed E-state index contributed by atoms with van der Waals surface area (Å²) in [6.45, 7) is 1.23. The lowest BCUT2D eigenvalue weighted by Crippen LogP contribution is -2.53. The normalized spacial score (nSPS) is 21.7. The van der Waals surface area contributed by atoms with Crippen LogP contribution in [0, 0.1) is 0 Å². The van der Waals surface area contributed by atoms with E-state index in [-0.39, 0.29) is 18.6 Å². The Kier molecular flexibility index (Phi) is 4.30. The number of hydrogen-bond donors (Lipinski definition) is 2. The molecule has 0 saturated carbocycles. The molecule has 1 fully saturated rings. The number of rotatable bonds is 3. The summed E-state index contributed by atoms with van der Waals surface area (Å²) in [6.07, 6.45) is 0. The SMILES string of the molecule is NC(C(=O)N1CCOCC1CO)c1ccccc1. The lowest BCUT2D eigenvalue weighted by atomic mass is 10.1. The maximum absolute atomic E-state index is 12.3. The monoisotopic (exact) mass is 250 g/mol. The van der Waals surface area contributed by atoms with Crippen LogP contribution in [0.25, 0.3) is 0 Å². The Bertz CT molecular complexity index is 396. The highest BCUT2D eigenvalue weighted by Crippen LogP contribution is 2.16. The molecule has 2 unspecified atom stereocenters. The third-order valence-corrected chi connectivity index (χ3v) is 3.15. The molecule has 0 aliphatic carbocycles. The van der Waals surface area contributed by atoms with Crippen molar-refractivity contribution in [2.45, 2.75) is 12.1 Å². The summed E-state index contributed by atoms with van der Waals surface area (Å²) in [5.74, 6) is -0.163. The molecule has 1 aliphatic rings. The van der Waals surface area contributed by atoms with Gasteiger partial charge < -0.3 is 20.5 Å². The molecule has 1 aromatic carbocycles. The fourth-order valence-electron chi connectivity index (χ4n) is 2.08. The Morgan fingerprint density at radius 2 is 2.22 bits per heavy atom. The third-order valence-electron chi connectivity index (χ3n) is 3.15. The maximum atomic E-state index is 12.3. The number of carbonyl (C=O) groups is 1. The van der Waals surface area contributed by atoms with Crippen LogP contribution in [0.3, 0.4) is 0 Å². The van der Waals surface area contributed by atoms with Gasteiger partial charge in [0.15, 0.2) is 0 Å². The summed E-state index contributed by atoms with van der Waals surface area (Å²) in [4.78, 5) is 13.9. The first kappa shape index (κ1) is 13.0. The second-order valence-corrected chi connectivity index (χ2v) is 4.33. The van der Waals surface area contributed by atoms with E-state index in [9.17, 15) is 9.90 Å². The fraction of sp³-hybridized carbons (Fsp3) is 0.462. The minimum Gasteiger partial charge on any atom is -0.394 e. The molecule has 1 aliphatic heterocycles. The van der Waals surface area contributed by atoms with Crippen molar-refractivity contribution in [2.24, 2.45) is 5.73 Å². The molecule has 1 aromatic rings. The van der Waals surface area contributed by atoms with E-state index < -0.39 is 6.04 Å². The Hall–Kier alpha value is -1.43. The summed E-state index contributed by atoms with van der Waals surface area (Å²) in [5, 5.41) is 9.25. The molecule has 1 amide bonds. The number of benzene rings is 1. The van der Waals surface area contributed by atoms with E-state index in [2.05, 4.69) is 0 Å². The van der Waals surface area contributed by atoms with Gasteiger partial charge in [0, 0.05) is 6.54 Å². The average molecular weight is 250 g/mol. The smallest absolute Gasteiger partial charge is 0.244 e. The lowest BCUT2D eigenvalue weighted by Gasteiger charge is -2.36. The number of aliphatic hydroxyl groups excluding tert-OH is 1. The van der Waals surface area contributed by atoms with Crippen LogP contribution in [0.1, 0.15) is 11.6 Å². The molecule has 3 N–H and O–H groups in total. The van der Waals surface area contributed by atoms with Crippen molar-refractivity contribution in [3.8, 4) is 0 Å². The number of hydrogen-bond acceptors (Lipinski definition) is 4. The van der Waals surface area contributed by atoms with Crippen LogP contribution in [-0.4, -0.2) is 48.3 Å². The van der Waals surface area contributed by atoms with Gasteiger partial charge in [-0.05, 0) is 5.56 Å². The van der Waals surface area contributed by atoms with Gasteiger partial charge >= 0.3 is 0 Å². The van der Waals surface area contributed by atoms with E-state index in [1.54, 1.807) is 4.90 Å². The minimum absolute atomic E-state index is 0.104. The Morgan fingerprint density at radius 1 is 1.50 bits per heavy atom. The molecule has 18 heavy (non-hydrogen) atoms. The highest BCUT2D eigenvalue weighted by molar-refractivity contribution is 5.83. The van der Waals surface area contributed by atoms with Crippen LogP contribution in [0.2, 0.25) is 0 Å². The van der Waals surface area contributed by atoms with Gasteiger partial charge in [-0.15, -0.1) is 0 Å². The van der Waals surface area contributed by atoms with E-state index in [1.165, 1.54) is 0 Å². The molecular formula is C13H18N2O3. The van der Waals surface area contributed by atoms with E-state index in [4.69, 9.17) is 10.5 Å². The lowest BCUT2D eigenvalue weighted by molar-refractivity contribution is -0.143. The second-order valence-electron chi connectivity index (χ2n) is 4.33. The summed E-state index contributed by atoms with van der Waals surface area (Å²) in [7, 11) is 0. The van der Waals surface area contributed by atoms with Crippen molar-refractivity contribution < 1.29 is 14.6 Å². The van der Waals surface area contributed by atoms with E-state index >= 15 is 0 Å². The fourth-order valence-corrected chi connectivity index (χ4v) is 2.08. The molecule has 0 bridgehead atoms. The van der Waals surface area contributed by atoms with Crippen LogP contribution >= 0.6 is 0 Å². The van der Waals surface area contributed by atoms with E-state index in [1.807, 2.05) is 30.3 Å². The van der Waals surface area contributed by atoms with Crippen LogP contribution in [-0.2, 0) is 9.53 Å². The number of carbonyl (C=O) groups excluding carboxylic acids is 1. The van der Waals surface area contributed by atoms with Crippen LogP contribution in [0.15, 0.2) is 30.3 Å². The van der Waals surface area contributed by atoms with Crippen molar-refractivity contribution in [2.75, 3.05) is 26.4 Å². The highest BCUT2D eigenvalue weighted by atomic mass is 16.5. The highest BCUT2D eigenvalue weighted by Gasteiger charge is 2.30. The van der Waals surface area contributed by atoms with E-state index in [0.717, 1.165) is 5.56 Å². The van der Waals surface area contributed by atoms with Gasteiger partial charge in [0.25, 0.3) is 0 Å². The number of amides is 1. The summed E-state index contributed by atoms with van der Waals surface area (Å²) in [6, 6.07) is 8.27. The largest absolute Gasteiger partial charge is 0.394 e. The topological polar surface area (TPSA) is 75.8 Å². The molecule has 2 atom stereocenters. The zero-order chi connectivity index (χ0) is 13.0. The zero-order valence-electron chi connectivity index (χ0n) is 10.2. The van der Waals surface area contributed by atoms with Crippen LogP contribution in [0.5, 0.6) is 0 Å². The van der Waals surface area contributed by atoms with E-state index in [0.29, 0.717) is 19.8 Å². The van der Waals surface area contributed by atoms with Crippen molar-refractivity contribution >= 4 is 5.91 Å². The Balaban J connectivity index is 2.10. The molecule has 1 heterocycles. The minimum atomic E-state index is -0.682. The van der Waals surface area contributed by atoms with Gasteiger partial charge in [-0.25, -0.2) is 0 Å². The Labute approximate surface area is 106 Å². The first-order valence-corrected chi connectivity index (χ1v) is 6.03. The maximum Gasteiger partial charge on any atom is 0.244 e. The van der Waals surface area contributed by atoms with Gasteiger partial charge in [0.05, 0.1) is 25.9 Å². The number of morpholine rings is 1. The summed E-state index contributed by atoms with van der Waals surface area (Å²) in [5.41, 5.74) is 6.76. The van der Waals surface area contributed by atoms with Crippen molar-refractivity contribution in [1.82, 2.24) is 4.90 Å². The molecule has 5 nitrogen and oxygen atoms in total. The average Bonchev–Trinajstić information content (AvgIpc) is 2.46. The predicted octanol–water partition coefficient (Wildman–Crippen LogP) is -0.0939. The number of nitrogens with two attached hydrogens (primary N) is 1. The molecule has 0 spiro atoms. The zero-order valence-corrected chi connectivity index (χ0v) is 10.2. The quantitative estimate of drug-likeness (QED) is 0.786. The van der Waals surface area contributed by atoms with Crippen molar-refractivity contribution in [3.63, 3.8) is 0 Å². The molecule has 98 valence electrons. The van der Waals surface area contributed by atoms with Crippen LogP contribution in [0.4, 0.5) is 0 Å². The second kappa shape index (κ2) is 5.95. The van der Waals surface area contributed by atoms with Gasteiger partial charge in [-0.1, -0.05) is 30.3 Å². The molecule has 0 radical (unpaired) electrons. The summed E-state index contributed by atoms with van der Waals surface area (Å²) < 4.78 is 5.24. The van der Waals surface area contributed by atoms with Crippen LogP contribution < -0.4 is 5.73 Å². The number of nitrogens with zero attached hydrogens (tertiary/aromatic N) is 1. The Morgan fingerprint density at radius 3 is 2.89 bits per heavy atom. The first-order chi connectivity index (χ1) is 8.74. The summed E-state index contributed by atoms with van der Waals surface area (Å²) >= 11 is 0. The molecular weight excluding hydrogens is 232 g/mol.